The number of hydrogen-bond donors (Lipinski definition) is 1. The Morgan fingerprint density at radius 3 is 2.40 bits per heavy atom. The molecule has 0 aliphatic carbocycles. The Morgan fingerprint density at radius 2 is 1.75 bits per heavy atom. The van der Waals surface area contributed by atoms with Gasteiger partial charge in [-0.2, -0.15) is 0 Å². The molecule has 0 saturated heterocycles. The number of nitrogens with one attached hydrogen (secondary N) is 1. The Labute approximate surface area is 121 Å². The Morgan fingerprint density at radius 1 is 1.00 bits per heavy atom. The number of ether oxygens (including phenoxy) is 3. The van der Waals surface area contributed by atoms with Gasteiger partial charge in [0.25, 0.3) is 0 Å². The van der Waals surface area contributed by atoms with E-state index in [1.165, 1.54) is 13.4 Å². The highest BCUT2D eigenvalue weighted by molar-refractivity contribution is 6.31. The molecule has 1 aromatic carbocycles. The van der Waals surface area contributed by atoms with Gasteiger partial charge in [0.1, 0.15) is 6.33 Å². The molecule has 0 atom stereocenters. The number of hydrogen-bond acceptors (Lipinski definition) is 6. The molecule has 0 radical (unpaired) electrons. The summed E-state index contributed by atoms with van der Waals surface area (Å²) in [5.74, 6) is 2.10. The van der Waals surface area contributed by atoms with E-state index in [4.69, 9.17) is 25.8 Å². The number of benzene rings is 1. The molecule has 1 aromatic heterocycles. The molecule has 0 aliphatic heterocycles. The molecule has 7 heteroatoms. The van der Waals surface area contributed by atoms with Crippen molar-refractivity contribution in [2.45, 2.75) is 0 Å². The number of halogens is 1. The van der Waals surface area contributed by atoms with Crippen molar-refractivity contribution in [1.82, 2.24) is 9.97 Å². The zero-order chi connectivity index (χ0) is 14.5. The molecule has 6 nitrogen and oxygen atoms in total. The van der Waals surface area contributed by atoms with Gasteiger partial charge in [-0.1, -0.05) is 11.6 Å². The number of aromatic nitrogens is 2. The monoisotopic (exact) mass is 295 g/mol. The summed E-state index contributed by atoms with van der Waals surface area (Å²) < 4.78 is 15.6. The summed E-state index contributed by atoms with van der Waals surface area (Å²) in [6.07, 6.45) is 1.36. The van der Waals surface area contributed by atoms with Crippen LogP contribution in [0.1, 0.15) is 0 Å². The first-order valence-corrected chi connectivity index (χ1v) is 6.11. The van der Waals surface area contributed by atoms with Crippen LogP contribution in [0.25, 0.3) is 0 Å². The van der Waals surface area contributed by atoms with Gasteiger partial charge in [-0.15, -0.1) is 0 Å². The molecule has 1 heterocycles. The van der Waals surface area contributed by atoms with Crippen molar-refractivity contribution in [3.8, 4) is 17.2 Å². The number of anilines is 2. The van der Waals surface area contributed by atoms with E-state index >= 15 is 0 Å². The molecule has 0 amide bonds. The minimum atomic E-state index is 0.241. The summed E-state index contributed by atoms with van der Waals surface area (Å²) in [7, 11) is 4.66. The zero-order valence-corrected chi connectivity index (χ0v) is 12.1. The molecular formula is C13H14ClN3O3. The van der Waals surface area contributed by atoms with Crippen LogP contribution in [-0.4, -0.2) is 31.3 Å². The normalized spacial score (nSPS) is 10.0. The SMILES string of the molecule is COc1ccc(Nc2ncnc(Cl)c2OC)cc1OC. The molecule has 2 rings (SSSR count). The van der Waals surface area contributed by atoms with Crippen molar-refractivity contribution in [1.29, 1.82) is 0 Å². The number of methoxy groups -OCH3 is 3. The second-order valence-electron chi connectivity index (χ2n) is 3.74. The minimum Gasteiger partial charge on any atom is -0.493 e. The first kappa shape index (κ1) is 14.2. The van der Waals surface area contributed by atoms with Gasteiger partial charge >= 0.3 is 0 Å². The maximum atomic E-state index is 5.94. The van der Waals surface area contributed by atoms with Crippen molar-refractivity contribution in [2.24, 2.45) is 0 Å². The van der Waals surface area contributed by atoms with E-state index in [2.05, 4.69) is 15.3 Å². The third-order valence-corrected chi connectivity index (χ3v) is 2.88. The quantitative estimate of drug-likeness (QED) is 0.856. The lowest BCUT2D eigenvalue weighted by molar-refractivity contribution is 0.355. The van der Waals surface area contributed by atoms with E-state index in [1.54, 1.807) is 26.4 Å². The lowest BCUT2D eigenvalue weighted by Crippen LogP contribution is -2.00. The highest BCUT2D eigenvalue weighted by Crippen LogP contribution is 2.34. The Bertz CT molecular complexity index is 607. The van der Waals surface area contributed by atoms with E-state index in [0.29, 0.717) is 23.1 Å². The summed E-state index contributed by atoms with van der Waals surface area (Å²) in [6, 6.07) is 5.40. The summed E-state index contributed by atoms with van der Waals surface area (Å²) in [5, 5.41) is 3.34. The molecule has 0 bridgehead atoms. The molecule has 0 spiro atoms. The van der Waals surface area contributed by atoms with Gasteiger partial charge in [0.15, 0.2) is 28.2 Å². The summed E-state index contributed by atoms with van der Waals surface area (Å²) >= 11 is 5.94. The van der Waals surface area contributed by atoms with Crippen LogP contribution in [0.4, 0.5) is 11.5 Å². The molecule has 1 N–H and O–H groups in total. The van der Waals surface area contributed by atoms with Crippen molar-refractivity contribution in [2.75, 3.05) is 26.6 Å². The fourth-order valence-electron chi connectivity index (χ4n) is 1.67. The fourth-order valence-corrected chi connectivity index (χ4v) is 1.88. The zero-order valence-electron chi connectivity index (χ0n) is 11.3. The van der Waals surface area contributed by atoms with Crippen molar-refractivity contribution < 1.29 is 14.2 Å². The van der Waals surface area contributed by atoms with Crippen molar-refractivity contribution in [3.63, 3.8) is 0 Å². The molecule has 0 unspecified atom stereocenters. The molecule has 0 fully saturated rings. The van der Waals surface area contributed by atoms with E-state index in [-0.39, 0.29) is 5.15 Å². The molecule has 20 heavy (non-hydrogen) atoms. The molecule has 2 aromatic rings. The largest absolute Gasteiger partial charge is 0.493 e. The second-order valence-corrected chi connectivity index (χ2v) is 4.10. The van der Waals surface area contributed by atoms with Gasteiger partial charge in [0, 0.05) is 11.8 Å². The van der Waals surface area contributed by atoms with Crippen LogP contribution in [0, 0.1) is 0 Å². The Balaban J connectivity index is 2.33. The van der Waals surface area contributed by atoms with E-state index in [0.717, 1.165) is 5.69 Å². The summed E-state index contributed by atoms with van der Waals surface area (Å²) in [5.41, 5.74) is 0.760. The van der Waals surface area contributed by atoms with Crippen LogP contribution in [0.15, 0.2) is 24.5 Å². The summed E-state index contributed by atoms with van der Waals surface area (Å²) in [6.45, 7) is 0. The van der Waals surface area contributed by atoms with Gasteiger partial charge in [0.2, 0.25) is 0 Å². The maximum Gasteiger partial charge on any atom is 0.199 e. The van der Waals surface area contributed by atoms with E-state index in [9.17, 15) is 0 Å². The van der Waals surface area contributed by atoms with Crippen LogP contribution in [0.2, 0.25) is 5.15 Å². The van der Waals surface area contributed by atoms with Gasteiger partial charge in [-0.3, -0.25) is 0 Å². The number of nitrogens with zero attached hydrogens (tertiary/aromatic N) is 2. The predicted molar refractivity (Wildman–Crippen MR) is 76.4 cm³/mol. The van der Waals surface area contributed by atoms with Crippen molar-refractivity contribution in [3.05, 3.63) is 29.7 Å². The maximum absolute atomic E-state index is 5.94. The predicted octanol–water partition coefficient (Wildman–Crippen LogP) is 2.90. The van der Waals surface area contributed by atoms with Gasteiger partial charge in [-0.25, -0.2) is 9.97 Å². The second kappa shape index (κ2) is 6.29. The highest BCUT2D eigenvalue weighted by atomic mass is 35.5. The van der Waals surface area contributed by atoms with Gasteiger partial charge in [0.05, 0.1) is 21.3 Å². The molecular weight excluding hydrogens is 282 g/mol. The number of rotatable bonds is 5. The van der Waals surface area contributed by atoms with Crippen LogP contribution in [0.5, 0.6) is 17.2 Å². The Hall–Kier alpha value is -2.21. The van der Waals surface area contributed by atoms with E-state index in [1.807, 2.05) is 6.07 Å². The first-order valence-electron chi connectivity index (χ1n) is 5.73. The Kier molecular flexibility index (Phi) is 4.47. The molecule has 0 saturated carbocycles. The average molecular weight is 296 g/mol. The smallest absolute Gasteiger partial charge is 0.199 e. The molecule has 0 aliphatic rings. The minimum absolute atomic E-state index is 0.241. The summed E-state index contributed by atoms with van der Waals surface area (Å²) in [4.78, 5) is 7.96. The molecule has 106 valence electrons. The van der Waals surface area contributed by atoms with Gasteiger partial charge in [-0.05, 0) is 12.1 Å². The van der Waals surface area contributed by atoms with Gasteiger partial charge < -0.3 is 19.5 Å². The lowest BCUT2D eigenvalue weighted by atomic mass is 10.2. The van der Waals surface area contributed by atoms with Crippen molar-refractivity contribution >= 4 is 23.1 Å². The van der Waals surface area contributed by atoms with E-state index < -0.39 is 0 Å². The van der Waals surface area contributed by atoms with Crippen LogP contribution in [0.3, 0.4) is 0 Å². The van der Waals surface area contributed by atoms with Crippen LogP contribution >= 0.6 is 11.6 Å². The average Bonchev–Trinajstić information content (AvgIpc) is 2.47. The first-order chi connectivity index (χ1) is 9.69. The fraction of sp³-hybridized carbons (Fsp3) is 0.231. The third-order valence-electron chi connectivity index (χ3n) is 2.61. The lowest BCUT2D eigenvalue weighted by Gasteiger charge is -2.13. The van der Waals surface area contributed by atoms with Crippen LogP contribution < -0.4 is 19.5 Å². The topological polar surface area (TPSA) is 65.5 Å². The standard InChI is InChI=1S/C13H14ClN3O3/c1-18-9-5-4-8(6-10(9)19-2)17-13-11(20-3)12(14)15-7-16-13/h4-7H,1-3H3,(H,15,16,17). The third kappa shape index (κ3) is 2.85. The van der Waals surface area contributed by atoms with Crippen LogP contribution in [-0.2, 0) is 0 Å². The highest BCUT2D eigenvalue weighted by Gasteiger charge is 2.11.